The van der Waals surface area contributed by atoms with Gasteiger partial charge in [-0.1, -0.05) is 24.6 Å². The van der Waals surface area contributed by atoms with Crippen LogP contribution in [-0.2, 0) is 0 Å². The third-order valence-corrected chi connectivity index (χ3v) is 2.93. The lowest BCUT2D eigenvalue weighted by Gasteiger charge is -2.16. The summed E-state index contributed by atoms with van der Waals surface area (Å²) in [6.45, 7) is 8.30. The Kier molecular flexibility index (Phi) is 6.38. The van der Waals surface area contributed by atoms with E-state index in [4.69, 9.17) is 16.3 Å². The average Bonchev–Trinajstić information content (AvgIpc) is 2.28. The van der Waals surface area contributed by atoms with Crippen molar-refractivity contribution in [3.63, 3.8) is 0 Å². The van der Waals surface area contributed by atoms with Crippen LogP contribution in [0.3, 0.4) is 0 Å². The highest BCUT2D eigenvalue weighted by atomic mass is 35.5. The molecule has 1 aromatic rings. The van der Waals surface area contributed by atoms with Gasteiger partial charge in [-0.25, -0.2) is 0 Å². The van der Waals surface area contributed by atoms with Crippen molar-refractivity contribution in [3.8, 4) is 5.75 Å². The van der Waals surface area contributed by atoms with Gasteiger partial charge in [0.05, 0.1) is 11.1 Å². The smallest absolute Gasteiger partial charge is 0.138 e. The zero-order valence-electron chi connectivity index (χ0n) is 10.9. The number of hydrogen-bond donors (Lipinski definition) is 1. The van der Waals surface area contributed by atoms with Gasteiger partial charge >= 0.3 is 0 Å². The van der Waals surface area contributed by atoms with E-state index in [1.807, 2.05) is 25.1 Å². The van der Waals surface area contributed by atoms with Crippen molar-refractivity contribution in [1.82, 2.24) is 5.32 Å². The molecule has 1 N–H and O–H groups in total. The lowest BCUT2D eigenvalue weighted by molar-refractivity contribution is 0.207. The fraction of sp³-hybridized carbons (Fsp3) is 0.571. The second kappa shape index (κ2) is 7.57. The summed E-state index contributed by atoms with van der Waals surface area (Å²) >= 11 is 6.12. The summed E-state index contributed by atoms with van der Waals surface area (Å²) in [5, 5.41) is 4.00. The highest BCUT2D eigenvalue weighted by Crippen LogP contribution is 2.26. The van der Waals surface area contributed by atoms with Crippen LogP contribution >= 0.6 is 11.6 Å². The van der Waals surface area contributed by atoms with Gasteiger partial charge in [-0.05, 0) is 57.5 Å². The number of benzene rings is 1. The monoisotopic (exact) mass is 255 g/mol. The SMILES string of the molecule is CCNCCCC(C)Oc1ccc(C)cc1Cl. The maximum absolute atomic E-state index is 6.12. The second-order valence-corrected chi connectivity index (χ2v) is 4.77. The highest BCUT2D eigenvalue weighted by molar-refractivity contribution is 6.32. The van der Waals surface area contributed by atoms with E-state index in [0.29, 0.717) is 5.02 Å². The number of halogens is 1. The van der Waals surface area contributed by atoms with E-state index in [-0.39, 0.29) is 6.10 Å². The number of rotatable bonds is 7. The van der Waals surface area contributed by atoms with E-state index < -0.39 is 0 Å². The van der Waals surface area contributed by atoms with Gasteiger partial charge in [0.25, 0.3) is 0 Å². The summed E-state index contributed by atoms with van der Waals surface area (Å²) in [5.74, 6) is 0.785. The Bertz CT molecular complexity index is 341. The Morgan fingerprint density at radius 3 is 2.82 bits per heavy atom. The van der Waals surface area contributed by atoms with Gasteiger partial charge in [0, 0.05) is 0 Å². The molecule has 0 aliphatic heterocycles. The van der Waals surface area contributed by atoms with E-state index in [9.17, 15) is 0 Å². The van der Waals surface area contributed by atoms with Crippen LogP contribution < -0.4 is 10.1 Å². The van der Waals surface area contributed by atoms with Crippen LogP contribution in [0.5, 0.6) is 5.75 Å². The van der Waals surface area contributed by atoms with Crippen LogP contribution in [0.15, 0.2) is 18.2 Å². The van der Waals surface area contributed by atoms with E-state index in [1.54, 1.807) is 0 Å². The molecule has 0 saturated heterocycles. The van der Waals surface area contributed by atoms with E-state index in [1.165, 1.54) is 0 Å². The minimum absolute atomic E-state index is 0.203. The third kappa shape index (κ3) is 5.42. The Balaban J connectivity index is 2.37. The van der Waals surface area contributed by atoms with Crippen molar-refractivity contribution in [1.29, 1.82) is 0 Å². The zero-order chi connectivity index (χ0) is 12.7. The van der Waals surface area contributed by atoms with Gasteiger partial charge < -0.3 is 10.1 Å². The number of ether oxygens (including phenoxy) is 1. The minimum atomic E-state index is 0.203. The molecule has 0 bridgehead atoms. The van der Waals surface area contributed by atoms with Crippen molar-refractivity contribution in [2.75, 3.05) is 13.1 Å². The molecule has 0 radical (unpaired) electrons. The molecule has 0 fully saturated rings. The Labute approximate surface area is 109 Å². The van der Waals surface area contributed by atoms with Crippen molar-refractivity contribution in [2.24, 2.45) is 0 Å². The van der Waals surface area contributed by atoms with Crippen LogP contribution in [0.4, 0.5) is 0 Å². The summed E-state index contributed by atoms with van der Waals surface area (Å²) < 4.78 is 5.82. The molecule has 1 rings (SSSR count). The van der Waals surface area contributed by atoms with Crippen molar-refractivity contribution < 1.29 is 4.74 Å². The first kappa shape index (κ1) is 14.3. The first-order valence-corrected chi connectivity index (χ1v) is 6.64. The molecule has 0 saturated carbocycles. The summed E-state index contributed by atoms with van der Waals surface area (Å²) in [5.41, 5.74) is 1.15. The molecular formula is C14H22ClNO. The first-order valence-electron chi connectivity index (χ1n) is 6.27. The number of nitrogens with one attached hydrogen (secondary N) is 1. The summed E-state index contributed by atoms with van der Waals surface area (Å²) in [7, 11) is 0. The van der Waals surface area contributed by atoms with Gasteiger partial charge in [-0.3, -0.25) is 0 Å². The fourth-order valence-corrected chi connectivity index (χ4v) is 1.95. The third-order valence-electron chi connectivity index (χ3n) is 2.63. The molecule has 0 aromatic heterocycles. The van der Waals surface area contributed by atoms with Crippen molar-refractivity contribution in [2.45, 2.75) is 39.7 Å². The lowest BCUT2D eigenvalue weighted by Crippen LogP contribution is -2.18. The fourth-order valence-electron chi connectivity index (χ4n) is 1.67. The van der Waals surface area contributed by atoms with Crippen LogP contribution in [-0.4, -0.2) is 19.2 Å². The molecule has 1 atom stereocenters. The molecule has 3 heteroatoms. The van der Waals surface area contributed by atoms with E-state index in [0.717, 1.165) is 37.2 Å². The second-order valence-electron chi connectivity index (χ2n) is 4.36. The normalized spacial score (nSPS) is 12.5. The Hall–Kier alpha value is -0.730. The van der Waals surface area contributed by atoms with Crippen molar-refractivity contribution >= 4 is 11.6 Å². The highest BCUT2D eigenvalue weighted by Gasteiger charge is 2.07. The van der Waals surface area contributed by atoms with Crippen LogP contribution in [0.1, 0.15) is 32.3 Å². The molecule has 1 aromatic carbocycles. The molecule has 0 amide bonds. The topological polar surface area (TPSA) is 21.3 Å². The summed E-state index contributed by atoms with van der Waals surface area (Å²) in [4.78, 5) is 0. The molecule has 0 heterocycles. The van der Waals surface area contributed by atoms with Gasteiger partial charge in [-0.2, -0.15) is 0 Å². The molecule has 17 heavy (non-hydrogen) atoms. The van der Waals surface area contributed by atoms with Crippen LogP contribution in [0.2, 0.25) is 5.02 Å². The van der Waals surface area contributed by atoms with Gasteiger partial charge in [0.15, 0.2) is 0 Å². The number of hydrogen-bond acceptors (Lipinski definition) is 2. The standard InChI is InChI=1S/C14H22ClNO/c1-4-16-9-5-6-12(3)17-14-8-7-11(2)10-13(14)15/h7-8,10,12,16H,4-6,9H2,1-3H3. The quantitative estimate of drug-likeness (QED) is 0.749. The molecule has 1 unspecified atom stereocenters. The maximum Gasteiger partial charge on any atom is 0.138 e. The summed E-state index contributed by atoms with van der Waals surface area (Å²) in [6, 6.07) is 5.90. The molecule has 2 nitrogen and oxygen atoms in total. The van der Waals surface area contributed by atoms with E-state index in [2.05, 4.69) is 19.2 Å². The van der Waals surface area contributed by atoms with Gasteiger partial charge in [0.1, 0.15) is 5.75 Å². The molecule has 0 spiro atoms. The molecule has 0 aliphatic carbocycles. The van der Waals surface area contributed by atoms with Crippen LogP contribution in [0.25, 0.3) is 0 Å². The van der Waals surface area contributed by atoms with Gasteiger partial charge in [0.2, 0.25) is 0 Å². The van der Waals surface area contributed by atoms with Crippen LogP contribution in [0, 0.1) is 6.92 Å². The Morgan fingerprint density at radius 1 is 1.41 bits per heavy atom. The van der Waals surface area contributed by atoms with E-state index >= 15 is 0 Å². The molecule has 96 valence electrons. The van der Waals surface area contributed by atoms with Gasteiger partial charge in [-0.15, -0.1) is 0 Å². The average molecular weight is 256 g/mol. The number of aryl methyl sites for hydroxylation is 1. The maximum atomic E-state index is 6.12. The largest absolute Gasteiger partial charge is 0.489 e. The van der Waals surface area contributed by atoms with Crippen molar-refractivity contribution in [3.05, 3.63) is 28.8 Å². The first-order chi connectivity index (χ1) is 8.13. The predicted octanol–water partition coefficient (Wildman–Crippen LogP) is 3.81. The molecular weight excluding hydrogens is 234 g/mol. The molecule has 0 aliphatic rings. The predicted molar refractivity (Wildman–Crippen MR) is 74.1 cm³/mol. The lowest BCUT2D eigenvalue weighted by atomic mass is 10.2. The Morgan fingerprint density at radius 2 is 2.18 bits per heavy atom. The summed E-state index contributed by atoms with van der Waals surface area (Å²) in [6.07, 6.45) is 2.37. The zero-order valence-corrected chi connectivity index (χ0v) is 11.7. The minimum Gasteiger partial charge on any atom is -0.489 e.